The fourth-order valence-electron chi connectivity index (χ4n) is 4.26. The average molecular weight is 405 g/mol. The summed E-state index contributed by atoms with van der Waals surface area (Å²) in [6, 6.07) is 17.1. The van der Waals surface area contributed by atoms with Gasteiger partial charge in [0.15, 0.2) is 0 Å². The summed E-state index contributed by atoms with van der Waals surface area (Å²) in [7, 11) is 0. The molecule has 1 atom stereocenters. The number of likely N-dealkylation sites (tertiary alicyclic amines) is 1. The largest absolute Gasteiger partial charge is 0.388 e. The molecule has 0 radical (unpaired) electrons. The Kier molecular flexibility index (Phi) is 5.95. The van der Waals surface area contributed by atoms with Crippen LogP contribution in [-0.4, -0.2) is 58.7 Å². The average Bonchev–Trinajstić information content (AvgIpc) is 2.78. The van der Waals surface area contributed by atoms with E-state index in [2.05, 4.69) is 4.99 Å². The zero-order valence-corrected chi connectivity index (χ0v) is 17.0. The highest BCUT2D eigenvalue weighted by Gasteiger charge is 2.37. The van der Waals surface area contributed by atoms with E-state index in [0.29, 0.717) is 38.9 Å². The molecule has 6 nitrogen and oxygen atoms in total. The Balaban J connectivity index is 1.33. The summed E-state index contributed by atoms with van der Waals surface area (Å²) < 4.78 is 0. The van der Waals surface area contributed by atoms with E-state index in [4.69, 9.17) is 0 Å². The van der Waals surface area contributed by atoms with Gasteiger partial charge in [-0.05, 0) is 30.9 Å². The molecule has 2 aliphatic rings. The molecule has 30 heavy (non-hydrogen) atoms. The van der Waals surface area contributed by atoms with E-state index in [1.54, 1.807) is 6.34 Å². The van der Waals surface area contributed by atoms with Crippen molar-refractivity contribution < 1.29 is 14.7 Å². The van der Waals surface area contributed by atoms with Gasteiger partial charge in [0.1, 0.15) is 12.3 Å². The Hall–Kier alpha value is -2.99. The highest BCUT2D eigenvalue weighted by atomic mass is 16.3. The minimum atomic E-state index is -0.949. The van der Waals surface area contributed by atoms with Crippen LogP contribution in [0.2, 0.25) is 0 Å². The molecule has 1 N–H and O–H groups in total. The normalized spacial score (nSPS) is 20.0. The summed E-state index contributed by atoms with van der Waals surface area (Å²) in [5.41, 5.74) is 1.85. The summed E-state index contributed by atoms with van der Waals surface area (Å²) in [5, 5.41) is 11.1. The van der Waals surface area contributed by atoms with Gasteiger partial charge in [-0.1, -0.05) is 48.5 Å². The van der Waals surface area contributed by atoms with Gasteiger partial charge in [-0.25, -0.2) is 4.99 Å². The lowest BCUT2D eigenvalue weighted by molar-refractivity contribution is -0.135. The molecule has 156 valence electrons. The number of aliphatic imine (C=N–C) groups is 1. The van der Waals surface area contributed by atoms with Crippen LogP contribution in [0.5, 0.6) is 0 Å². The molecule has 0 spiro atoms. The predicted octanol–water partition coefficient (Wildman–Crippen LogP) is 2.89. The number of rotatable bonds is 6. The lowest BCUT2D eigenvalue weighted by Gasteiger charge is -2.42. The Labute approximate surface area is 176 Å². The van der Waals surface area contributed by atoms with Gasteiger partial charge >= 0.3 is 0 Å². The third kappa shape index (κ3) is 4.44. The van der Waals surface area contributed by atoms with Crippen molar-refractivity contribution in [3.63, 3.8) is 0 Å². The fraction of sp³-hybridized carbons (Fsp3) is 0.375. The first-order chi connectivity index (χ1) is 14.6. The lowest BCUT2D eigenvalue weighted by atomic mass is 9.89. The molecule has 0 aliphatic carbocycles. The summed E-state index contributed by atoms with van der Waals surface area (Å²) in [4.78, 5) is 32.4. The molecule has 1 unspecified atom stereocenters. The topological polar surface area (TPSA) is 73.2 Å². The number of hydrogen-bond donors (Lipinski definition) is 1. The highest BCUT2D eigenvalue weighted by Crippen LogP contribution is 2.34. The summed E-state index contributed by atoms with van der Waals surface area (Å²) >= 11 is 0. The third-order valence-corrected chi connectivity index (χ3v) is 6.08. The van der Waals surface area contributed by atoms with Crippen molar-refractivity contribution in [3.05, 3.63) is 65.7 Å². The highest BCUT2D eigenvalue weighted by molar-refractivity contribution is 5.78. The van der Waals surface area contributed by atoms with Crippen molar-refractivity contribution in [2.75, 3.05) is 19.6 Å². The van der Waals surface area contributed by atoms with Gasteiger partial charge in [0.25, 0.3) is 0 Å². The molecule has 2 aliphatic heterocycles. The second-order valence-electron chi connectivity index (χ2n) is 8.15. The number of carbonyl (C=O) groups excluding carboxylic acids is 2. The van der Waals surface area contributed by atoms with E-state index in [1.165, 1.54) is 0 Å². The summed E-state index contributed by atoms with van der Waals surface area (Å²) in [6.45, 7) is 1.37. The van der Waals surface area contributed by atoms with Crippen LogP contribution in [0.1, 0.15) is 36.4 Å². The molecular formula is C24H27N3O3. The number of fused-ring (bicyclic) bond motifs is 1. The Bertz CT molecular complexity index is 920. The minimum Gasteiger partial charge on any atom is -0.388 e. The Morgan fingerprint density at radius 2 is 1.80 bits per heavy atom. The van der Waals surface area contributed by atoms with Crippen LogP contribution < -0.4 is 0 Å². The molecule has 1 amide bonds. The van der Waals surface area contributed by atoms with E-state index in [0.717, 1.165) is 29.5 Å². The van der Waals surface area contributed by atoms with Crippen LogP contribution in [0.4, 0.5) is 5.69 Å². The molecule has 0 bridgehead atoms. The van der Waals surface area contributed by atoms with Crippen LogP contribution in [-0.2, 0) is 16.0 Å². The fourth-order valence-corrected chi connectivity index (χ4v) is 4.26. The number of aldehydes is 1. The number of hydrogen-bond acceptors (Lipinski definition) is 5. The number of piperidine rings is 1. The van der Waals surface area contributed by atoms with E-state index >= 15 is 0 Å². The third-order valence-electron chi connectivity index (χ3n) is 6.08. The monoisotopic (exact) mass is 405 g/mol. The maximum absolute atomic E-state index is 12.6. The molecule has 4 rings (SSSR count). The number of aryl methyl sites for hydroxylation is 1. The van der Waals surface area contributed by atoms with Crippen molar-refractivity contribution in [1.82, 2.24) is 9.80 Å². The Morgan fingerprint density at radius 3 is 2.53 bits per heavy atom. The molecule has 2 heterocycles. The van der Waals surface area contributed by atoms with Gasteiger partial charge in [0, 0.05) is 31.6 Å². The smallest absolute Gasteiger partial charge is 0.222 e. The maximum atomic E-state index is 12.6. The first-order valence-corrected chi connectivity index (χ1v) is 10.5. The van der Waals surface area contributed by atoms with Crippen LogP contribution in [0.15, 0.2) is 59.6 Å². The number of amides is 1. The second kappa shape index (κ2) is 8.79. The quantitative estimate of drug-likeness (QED) is 0.750. The number of β-amino-alcohol motifs (C(OH)–C–C–N with tert-alkyl or cyclic N) is 1. The van der Waals surface area contributed by atoms with Crippen molar-refractivity contribution in [3.8, 4) is 0 Å². The van der Waals surface area contributed by atoms with E-state index < -0.39 is 11.6 Å². The molecule has 2 aromatic carbocycles. The van der Waals surface area contributed by atoms with E-state index in [1.807, 2.05) is 64.4 Å². The second-order valence-corrected chi connectivity index (χ2v) is 8.15. The molecule has 6 heteroatoms. The van der Waals surface area contributed by atoms with Gasteiger partial charge in [0.2, 0.25) is 5.91 Å². The maximum Gasteiger partial charge on any atom is 0.222 e. The number of benzene rings is 2. The van der Waals surface area contributed by atoms with Crippen LogP contribution in [0.3, 0.4) is 0 Å². The van der Waals surface area contributed by atoms with Crippen molar-refractivity contribution in [2.45, 2.75) is 37.3 Å². The zero-order valence-electron chi connectivity index (χ0n) is 17.0. The molecule has 2 aromatic rings. The molecule has 0 aromatic heterocycles. The molecule has 0 saturated carbocycles. The Morgan fingerprint density at radius 1 is 1.10 bits per heavy atom. The standard InChI is InChI=1S/C24H27N3O3/c28-16-22-20-8-4-5-9-21(20)25-18-27(22)17-24(30)12-14-26(15-13-24)23(29)11-10-19-6-2-1-3-7-19/h1-9,16,18,22,30H,10-15,17H2. The van der Waals surface area contributed by atoms with Gasteiger partial charge in [-0.2, -0.15) is 0 Å². The predicted molar refractivity (Wildman–Crippen MR) is 116 cm³/mol. The van der Waals surface area contributed by atoms with Gasteiger partial charge in [-0.15, -0.1) is 0 Å². The minimum absolute atomic E-state index is 0.125. The molecular weight excluding hydrogens is 378 g/mol. The number of nitrogens with zero attached hydrogens (tertiary/aromatic N) is 3. The lowest BCUT2D eigenvalue weighted by Crippen LogP contribution is -2.52. The number of aliphatic hydroxyl groups is 1. The van der Waals surface area contributed by atoms with Crippen molar-refractivity contribution in [1.29, 1.82) is 0 Å². The van der Waals surface area contributed by atoms with Gasteiger partial charge in [-0.3, -0.25) is 4.79 Å². The van der Waals surface area contributed by atoms with Crippen LogP contribution in [0, 0.1) is 0 Å². The summed E-state index contributed by atoms with van der Waals surface area (Å²) in [6.07, 6.45) is 4.73. The van der Waals surface area contributed by atoms with Crippen LogP contribution in [0.25, 0.3) is 0 Å². The summed E-state index contributed by atoms with van der Waals surface area (Å²) in [5.74, 6) is 0.125. The first-order valence-electron chi connectivity index (χ1n) is 10.5. The number of carbonyl (C=O) groups is 2. The van der Waals surface area contributed by atoms with E-state index in [-0.39, 0.29) is 5.91 Å². The van der Waals surface area contributed by atoms with Gasteiger partial charge < -0.3 is 19.7 Å². The number of para-hydroxylation sites is 1. The van der Waals surface area contributed by atoms with Gasteiger partial charge in [0.05, 0.1) is 17.6 Å². The molecule has 1 saturated heterocycles. The zero-order chi connectivity index (χ0) is 21.0. The van der Waals surface area contributed by atoms with E-state index in [9.17, 15) is 14.7 Å². The van der Waals surface area contributed by atoms with Crippen LogP contribution >= 0.6 is 0 Å². The SMILES string of the molecule is O=CC1c2ccccc2N=CN1CC1(O)CCN(C(=O)CCc2ccccc2)CC1. The van der Waals surface area contributed by atoms with Crippen molar-refractivity contribution >= 4 is 24.2 Å². The molecule has 1 fully saturated rings. The first kappa shape index (κ1) is 20.3. The van der Waals surface area contributed by atoms with Crippen molar-refractivity contribution in [2.24, 2.45) is 4.99 Å².